The van der Waals surface area contributed by atoms with Crippen molar-refractivity contribution in [1.29, 1.82) is 0 Å². The summed E-state index contributed by atoms with van der Waals surface area (Å²) in [6, 6.07) is 0. The minimum absolute atomic E-state index is 0.115. The zero-order valence-electron chi connectivity index (χ0n) is 31.3. The standard InChI is InChI=1S/C45H68O5/c1-3-5-7-9-11-13-15-17-19-21-22-24-25-27-29-31-33-35-37-39-44(47)49-42-43(41-46)50-45(48)40-38-36-34-32-30-28-26-23-20-18-16-14-12-10-8-6-4-2/h5-8,11-14,17-20,22,24,26-29,32,34,43,46H,3-4,9-10,15-16,21,23,25,30-31,33,35-42H2,1-2H3/t43-/m0/s1. The van der Waals surface area contributed by atoms with Crippen molar-refractivity contribution < 1.29 is 24.2 Å². The first-order chi connectivity index (χ1) is 24.6. The highest BCUT2D eigenvalue weighted by atomic mass is 16.6. The average Bonchev–Trinajstić information content (AvgIpc) is 3.12. The van der Waals surface area contributed by atoms with Crippen LogP contribution < -0.4 is 0 Å². The van der Waals surface area contributed by atoms with Gasteiger partial charge in [0.25, 0.3) is 0 Å². The van der Waals surface area contributed by atoms with E-state index in [0.29, 0.717) is 12.8 Å². The summed E-state index contributed by atoms with van der Waals surface area (Å²) < 4.78 is 10.5. The lowest BCUT2D eigenvalue weighted by molar-refractivity contribution is -0.161. The third kappa shape index (κ3) is 37.1. The Morgan fingerprint density at radius 1 is 0.460 bits per heavy atom. The van der Waals surface area contributed by atoms with Gasteiger partial charge in [-0.05, 0) is 96.3 Å². The summed E-state index contributed by atoms with van der Waals surface area (Å²) in [5.41, 5.74) is 0. The molecule has 0 rings (SSSR count). The highest BCUT2D eigenvalue weighted by molar-refractivity contribution is 5.70. The van der Waals surface area contributed by atoms with Crippen LogP contribution in [-0.2, 0) is 19.1 Å². The smallest absolute Gasteiger partial charge is 0.306 e. The predicted molar refractivity (Wildman–Crippen MR) is 214 cm³/mol. The van der Waals surface area contributed by atoms with Gasteiger partial charge in [-0.25, -0.2) is 0 Å². The summed E-state index contributed by atoms with van der Waals surface area (Å²) in [4.78, 5) is 24.2. The molecule has 278 valence electrons. The summed E-state index contributed by atoms with van der Waals surface area (Å²) in [5.74, 6) is -0.713. The van der Waals surface area contributed by atoms with Gasteiger partial charge < -0.3 is 14.6 Å². The number of aliphatic hydroxyl groups is 1. The number of esters is 2. The molecule has 1 N–H and O–H groups in total. The Balaban J connectivity index is 3.79. The third-order valence-electron chi connectivity index (χ3n) is 7.25. The number of allylic oxidation sites excluding steroid dienone is 20. The molecule has 5 heteroatoms. The molecule has 5 nitrogen and oxygen atoms in total. The number of hydrogen-bond donors (Lipinski definition) is 1. The molecule has 0 aliphatic heterocycles. The summed E-state index contributed by atoms with van der Waals surface area (Å²) in [6.07, 6.45) is 58.3. The molecule has 0 aromatic carbocycles. The Morgan fingerprint density at radius 3 is 1.22 bits per heavy atom. The van der Waals surface area contributed by atoms with Crippen molar-refractivity contribution in [2.24, 2.45) is 0 Å². The second-order valence-electron chi connectivity index (χ2n) is 11.9. The highest BCUT2D eigenvalue weighted by Gasteiger charge is 2.15. The van der Waals surface area contributed by atoms with Crippen molar-refractivity contribution in [3.63, 3.8) is 0 Å². The fourth-order valence-corrected chi connectivity index (χ4v) is 4.44. The van der Waals surface area contributed by atoms with Gasteiger partial charge in [-0.15, -0.1) is 0 Å². The van der Waals surface area contributed by atoms with Gasteiger partial charge in [-0.3, -0.25) is 9.59 Å². The Labute approximate surface area is 305 Å². The molecule has 0 aliphatic carbocycles. The molecule has 0 amide bonds. The van der Waals surface area contributed by atoms with Crippen molar-refractivity contribution in [2.75, 3.05) is 13.2 Å². The molecule has 50 heavy (non-hydrogen) atoms. The Bertz CT molecular complexity index is 1100. The molecular weight excluding hydrogens is 620 g/mol. The second-order valence-corrected chi connectivity index (χ2v) is 11.9. The monoisotopic (exact) mass is 689 g/mol. The van der Waals surface area contributed by atoms with E-state index in [9.17, 15) is 14.7 Å². The fourth-order valence-electron chi connectivity index (χ4n) is 4.44. The number of carbonyl (C=O) groups is 2. The van der Waals surface area contributed by atoms with Crippen molar-refractivity contribution in [2.45, 2.75) is 136 Å². The van der Waals surface area contributed by atoms with Crippen LogP contribution in [-0.4, -0.2) is 36.4 Å². The summed E-state index contributed by atoms with van der Waals surface area (Å²) in [7, 11) is 0. The molecule has 0 spiro atoms. The Kier molecular flexibility index (Phi) is 36.8. The van der Waals surface area contributed by atoms with Crippen LogP contribution in [0.25, 0.3) is 0 Å². The molecule has 0 aromatic heterocycles. The SMILES string of the molecule is CCC=CCC=CCC=CCC=CCC=CCCCCCC(=O)OC[C@H](CO)OC(=O)CCCC=CCC=CCC=CCC=CCC=CCC. The first-order valence-corrected chi connectivity index (χ1v) is 19.1. The van der Waals surface area contributed by atoms with E-state index >= 15 is 0 Å². The second kappa shape index (κ2) is 39.7. The van der Waals surface area contributed by atoms with Crippen LogP contribution in [0.5, 0.6) is 0 Å². The summed E-state index contributed by atoms with van der Waals surface area (Å²) in [5, 5.41) is 9.54. The van der Waals surface area contributed by atoms with Crippen molar-refractivity contribution in [3.05, 3.63) is 122 Å². The van der Waals surface area contributed by atoms with Crippen LogP contribution in [0.1, 0.15) is 129 Å². The van der Waals surface area contributed by atoms with Gasteiger partial charge in [0.1, 0.15) is 6.61 Å². The first kappa shape index (κ1) is 46.3. The van der Waals surface area contributed by atoms with E-state index < -0.39 is 6.10 Å². The van der Waals surface area contributed by atoms with E-state index in [4.69, 9.17) is 9.47 Å². The lowest BCUT2D eigenvalue weighted by Crippen LogP contribution is -2.28. The molecule has 0 saturated carbocycles. The number of hydrogen-bond acceptors (Lipinski definition) is 5. The van der Waals surface area contributed by atoms with Crippen LogP contribution >= 0.6 is 0 Å². The molecule has 0 unspecified atom stereocenters. The van der Waals surface area contributed by atoms with Crippen LogP contribution in [0.3, 0.4) is 0 Å². The first-order valence-electron chi connectivity index (χ1n) is 19.1. The van der Waals surface area contributed by atoms with E-state index in [1.54, 1.807) is 0 Å². The number of aliphatic hydroxyl groups excluding tert-OH is 1. The van der Waals surface area contributed by atoms with Crippen LogP contribution in [0.2, 0.25) is 0 Å². The van der Waals surface area contributed by atoms with Gasteiger partial charge in [-0.2, -0.15) is 0 Å². The van der Waals surface area contributed by atoms with E-state index in [-0.39, 0.29) is 31.6 Å². The van der Waals surface area contributed by atoms with E-state index in [1.807, 2.05) is 0 Å². The zero-order valence-corrected chi connectivity index (χ0v) is 31.3. The van der Waals surface area contributed by atoms with Gasteiger partial charge in [0.2, 0.25) is 0 Å². The molecule has 0 radical (unpaired) electrons. The fraction of sp³-hybridized carbons (Fsp3) is 0.511. The predicted octanol–water partition coefficient (Wildman–Crippen LogP) is 12.1. The van der Waals surface area contributed by atoms with Crippen LogP contribution in [0, 0.1) is 0 Å². The quantitative estimate of drug-likeness (QED) is 0.0433. The minimum Gasteiger partial charge on any atom is -0.462 e. The van der Waals surface area contributed by atoms with Crippen LogP contribution in [0.4, 0.5) is 0 Å². The van der Waals surface area contributed by atoms with E-state index in [2.05, 4.69) is 135 Å². The largest absolute Gasteiger partial charge is 0.462 e. The van der Waals surface area contributed by atoms with Gasteiger partial charge in [0.05, 0.1) is 6.61 Å². The summed E-state index contributed by atoms with van der Waals surface area (Å²) in [6.45, 7) is 3.80. The Morgan fingerprint density at radius 2 is 0.820 bits per heavy atom. The lowest BCUT2D eigenvalue weighted by atomic mass is 10.1. The number of unbranched alkanes of at least 4 members (excludes halogenated alkanes) is 4. The van der Waals surface area contributed by atoms with Crippen LogP contribution in [0.15, 0.2) is 122 Å². The molecule has 0 aliphatic rings. The van der Waals surface area contributed by atoms with E-state index in [1.165, 1.54) is 0 Å². The van der Waals surface area contributed by atoms with Gasteiger partial charge in [0.15, 0.2) is 6.10 Å². The molecule has 0 bridgehead atoms. The molecule has 0 saturated heterocycles. The molecule has 1 atom stereocenters. The van der Waals surface area contributed by atoms with Gasteiger partial charge in [0, 0.05) is 12.8 Å². The lowest BCUT2D eigenvalue weighted by Gasteiger charge is -2.15. The normalized spacial score (nSPS) is 13.6. The number of rotatable bonds is 32. The molecule has 0 heterocycles. The molecule has 0 fully saturated rings. The Hall–Kier alpha value is -3.70. The highest BCUT2D eigenvalue weighted by Crippen LogP contribution is 2.08. The van der Waals surface area contributed by atoms with Gasteiger partial charge >= 0.3 is 11.9 Å². The molecular formula is C45H68O5. The van der Waals surface area contributed by atoms with Crippen molar-refractivity contribution in [3.8, 4) is 0 Å². The van der Waals surface area contributed by atoms with Crippen molar-refractivity contribution in [1.82, 2.24) is 0 Å². The average molecular weight is 689 g/mol. The number of carbonyl (C=O) groups excluding carboxylic acids is 2. The minimum atomic E-state index is -0.824. The van der Waals surface area contributed by atoms with E-state index in [0.717, 1.165) is 96.3 Å². The van der Waals surface area contributed by atoms with Crippen molar-refractivity contribution >= 4 is 11.9 Å². The maximum atomic E-state index is 12.1. The maximum Gasteiger partial charge on any atom is 0.306 e. The topological polar surface area (TPSA) is 72.8 Å². The number of ether oxygens (including phenoxy) is 2. The third-order valence-corrected chi connectivity index (χ3v) is 7.25. The zero-order chi connectivity index (χ0) is 36.4. The maximum absolute atomic E-state index is 12.1. The summed E-state index contributed by atoms with van der Waals surface area (Å²) >= 11 is 0. The van der Waals surface area contributed by atoms with Gasteiger partial charge in [-0.1, -0.05) is 142 Å². The molecule has 0 aromatic rings.